The SMILES string of the molecule is CC(C)c1nc2c(c(C3=CCC4(CC3)OCCO4)c1C=O)C(O[Si](C)(C)C(C)(C)C)CCC2. The molecular weight excluding hydrogens is 430 g/mol. The smallest absolute Gasteiger partial charge is 0.192 e. The second kappa shape index (κ2) is 9.03. The van der Waals surface area contributed by atoms with Crippen molar-refractivity contribution in [2.45, 2.75) is 109 Å². The van der Waals surface area contributed by atoms with Crippen molar-refractivity contribution in [1.29, 1.82) is 0 Å². The highest BCUT2D eigenvalue weighted by atomic mass is 28.4. The lowest BCUT2D eigenvalue weighted by atomic mass is 9.79. The maximum Gasteiger partial charge on any atom is 0.192 e. The highest BCUT2D eigenvalue weighted by molar-refractivity contribution is 6.74. The first-order valence-corrected chi connectivity index (χ1v) is 15.6. The molecule has 182 valence electrons. The van der Waals surface area contributed by atoms with Crippen LogP contribution in [-0.4, -0.2) is 38.6 Å². The zero-order valence-electron chi connectivity index (χ0n) is 21.5. The first-order valence-electron chi connectivity index (χ1n) is 12.6. The van der Waals surface area contributed by atoms with Crippen molar-refractivity contribution in [3.05, 3.63) is 34.2 Å². The monoisotopic (exact) mass is 471 g/mol. The minimum absolute atomic E-state index is 0.00665. The topological polar surface area (TPSA) is 57.7 Å². The fourth-order valence-corrected chi connectivity index (χ4v) is 6.47. The Morgan fingerprint density at radius 2 is 1.91 bits per heavy atom. The lowest BCUT2D eigenvalue weighted by molar-refractivity contribution is -0.159. The van der Waals surface area contributed by atoms with E-state index >= 15 is 0 Å². The Balaban J connectivity index is 1.85. The fraction of sp³-hybridized carbons (Fsp3) is 0.704. The van der Waals surface area contributed by atoms with E-state index in [1.165, 1.54) is 11.1 Å². The minimum atomic E-state index is -2.00. The van der Waals surface area contributed by atoms with Crippen LogP contribution >= 0.6 is 0 Å². The van der Waals surface area contributed by atoms with Gasteiger partial charge in [-0.05, 0) is 60.9 Å². The van der Waals surface area contributed by atoms with Crippen LogP contribution in [0.5, 0.6) is 0 Å². The molecule has 1 aromatic rings. The third-order valence-electron chi connectivity index (χ3n) is 8.06. The van der Waals surface area contributed by atoms with E-state index in [4.69, 9.17) is 18.9 Å². The maximum atomic E-state index is 12.5. The number of aryl methyl sites for hydroxylation is 1. The fourth-order valence-electron chi connectivity index (χ4n) is 5.17. The summed E-state index contributed by atoms with van der Waals surface area (Å²) < 4.78 is 18.9. The molecule has 1 spiro atoms. The van der Waals surface area contributed by atoms with Gasteiger partial charge < -0.3 is 13.9 Å². The van der Waals surface area contributed by atoms with Crippen LogP contribution in [0.15, 0.2) is 6.08 Å². The average molecular weight is 472 g/mol. The summed E-state index contributed by atoms with van der Waals surface area (Å²) in [5.41, 5.74) is 6.30. The van der Waals surface area contributed by atoms with Gasteiger partial charge in [0.15, 0.2) is 20.4 Å². The summed E-state index contributed by atoms with van der Waals surface area (Å²) in [5, 5.41) is 0.122. The number of rotatable bonds is 5. The Labute approximate surface area is 200 Å². The summed E-state index contributed by atoms with van der Waals surface area (Å²) in [6, 6.07) is 0. The molecule has 1 atom stereocenters. The van der Waals surface area contributed by atoms with Crippen LogP contribution in [0.2, 0.25) is 18.1 Å². The van der Waals surface area contributed by atoms with E-state index < -0.39 is 14.1 Å². The van der Waals surface area contributed by atoms with E-state index in [-0.39, 0.29) is 17.1 Å². The van der Waals surface area contributed by atoms with Gasteiger partial charge in [0.25, 0.3) is 0 Å². The number of allylic oxidation sites excluding steroid dienone is 1. The number of ether oxygens (including phenoxy) is 2. The molecule has 1 fully saturated rings. The summed E-state index contributed by atoms with van der Waals surface area (Å²) in [6.45, 7) is 17.1. The maximum absolute atomic E-state index is 12.5. The van der Waals surface area contributed by atoms with Gasteiger partial charge in [-0.2, -0.15) is 0 Å². The van der Waals surface area contributed by atoms with Gasteiger partial charge in [0.2, 0.25) is 0 Å². The quantitative estimate of drug-likeness (QED) is 0.352. The Morgan fingerprint density at radius 1 is 1.21 bits per heavy atom. The predicted octanol–water partition coefficient (Wildman–Crippen LogP) is 6.73. The van der Waals surface area contributed by atoms with Gasteiger partial charge in [0.05, 0.1) is 25.0 Å². The molecule has 3 aliphatic rings. The molecule has 1 unspecified atom stereocenters. The van der Waals surface area contributed by atoms with Crippen LogP contribution in [0.3, 0.4) is 0 Å². The summed E-state index contributed by atoms with van der Waals surface area (Å²) in [5.74, 6) is -0.288. The molecule has 2 aliphatic carbocycles. The van der Waals surface area contributed by atoms with Crippen molar-refractivity contribution >= 4 is 20.2 Å². The van der Waals surface area contributed by atoms with Gasteiger partial charge in [-0.25, -0.2) is 0 Å². The van der Waals surface area contributed by atoms with E-state index in [0.717, 1.165) is 67.3 Å². The van der Waals surface area contributed by atoms with Crippen LogP contribution in [0.25, 0.3) is 5.57 Å². The van der Waals surface area contributed by atoms with Crippen molar-refractivity contribution in [1.82, 2.24) is 4.98 Å². The number of pyridine rings is 1. The van der Waals surface area contributed by atoms with Gasteiger partial charge in [-0.3, -0.25) is 9.78 Å². The average Bonchev–Trinajstić information content (AvgIpc) is 3.20. The molecule has 2 heterocycles. The molecule has 1 aromatic heterocycles. The first kappa shape index (κ1) is 24.8. The van der Waals surface area contributed by atoms with Crippen LogP contribution in [0.4, 0.5) is 0 Å². The van der Waals surface area contributed by atoms with Crippen molar-refractivity contribution in [2.24, 2.45) is 0 Å². The first-order chi connectivity index (χ1) is 15.5. The van der Waals surface area contributed by atoms with Crippen LogP contribution < -0.4 is 0 Å². The van der Waals surface area contributed by atoms with Gasteiger partial charge in [0.1, 0.15) is 0 Å². The van der Waals surface area contributed by atoms with Crippen LogP contribution in [0.1, 0.15) is 112 Å². The number of carbonyl (C=O) groups is 1. The van der Waals surface area contributed by atoms with Crippen molar-refractivity contribution < 1.29 is 18.7 Å². The van der Waals surface area contributed by atoms with Crippen LogP contribution in [-0.2, 0) is 20.3 Å². The van der Waals surface area contributed by atoms with Gasteiger partial charge in [-0.15, -0.1) is 0 Å². The number of aldehydes is 1. The van der Waals surface area contributed by atoms with E-state index in [0.29, 0.717) is 13.2 Å². The lowest BCUT2D eigenvalue weighted by Crippen LogP contribution is -2.42. The number of hydrogen-bond donors (Lipinski definition) is 0. The van der Waals surface area contributed by atoms with Crippen molar-refractivity contribution in [3.8, 4) is 0 Å². The molecule has 4 rings (SSSR count). The summed E-state index contributed by atoms with van der Waals surface area (Å²) in [7, 11) is -2.00. The summed E-state index contributed by atoms with van der Waals surface area (Å²) in [6.07, 6.45) is 8.65. The van der Waals surface area contributed by atoms with E-state index in [2.05, 4.69) is 53.8 Å². The van der Waals surface area contributed by atoms with E-state index in [1.807, 2.05) is 0 Å². The molecule has 1 aliphatic heterocycles. The molecule has 33 heavy (non-hydrogen) atoms. The predicted molar refractivity (Wildman–Crippen MR) is 134 cm³/mol. The normalized spacial score (nSPS) is 23.0. The minimum Gasteiger partial charge on any atom is -0.410 e. The largest absolute Gasteiger partial charge is 0.410 e. The highest BCUT2D eigenvalue weighted by Crippen LogP contribution is 2.48. The highest BCUT2D eigenvalue weighted by Gasteiger charge is 2.43. The van der Waals surface area contributed by atoms with Gasteiger partial charge >= 0.3 is 0 Å². The van der Waals surface area contributed by atoms with Crippen molar-refractivity contribution in [3.63, 3.8) is 0 Å². The number of aromatic nitrogens is 1. The number of nitrogens with zero attached hydrogens (tertiary/aromatic N) is 1. The molecule has 0 aromatic carbocycles. The number of fused-ring (bicyclic) bond motifs is 1. The molecule has 0 amide bonds. The second-order valence-corrected chi connectivity index (χ2v) is 16.5. The number of hydrogen-bond acceptors (Lipinski definition) is 5. The summed E-state index contributed by atoms with van der Waals surface area (Å²) >= 11 is 0. The Hall–Kier alpha value is -1.34. The van der Waals surface area contributed by atoms with E-state index in [1.54, 1.807) is 0 Å². The molecule has 0 N–H and O–H groups in total. The van der Waals surface area contributed by atoms with Gasteiger partial charge in [-0.1, -0.05) is 40.7 Å². The zero-order valence-corrected chi connectivity index (χ0v) is 22.5. The Bertz CT molecular complexity index is 938. The second-order valence-electron chi connectivity index (χ2n) is 11.7. The van der Waals surface area contributed by atoms with Crippen LogP contribution in [0, 0.1) is 0 Å². The standard InChI is InChI=1S/C27H41NO4Si/c1-18(2)25-20(17-29)23(19-11-13-27(14-12-19)30-15-16-31-27)24-21(28-25)9-8-10-22(24)32-33(6,7)26(3,4)5/h11,17-18,22H,8-10,12-16H2,1-7H3. The molecule has 0 radical (unpaired) electrons. The molecule has 0 saturated carbocycles. The number of carbonyl (C=O) groups excluding carboxylic acids is 1. The molecule has 6 heteroatoms. The third kappa shape index (κ3) is 4.64. The lowest BCUT2D eigenvalue weighted by Gasteiger charge is -2.42. The molecule has 5 nitrogen and oxygen atoms in total. The van der Waals surface area contributed by atoms with Gasteiger partial charge in [0, 0.05) is 29.7 Å². The van der Waals surface area contributed by atoms with E-state index in [9.17, 15) is 4.79 Å². The zero-order chi connectivity index (χ0) is 24.0. The Kier molecular flexibility index (Phi) is 6.78. The molecule has 1 saturated heterocycles. The Morgan fingerprint density at radius 3 is 2.45 bits per heavy atom. The molecule has 0 bridgehead atoms. The van der Waals surface area contributed by atoms with Crippen molar-refractivity contribution in [2.75, 3.05) is 13.2 Å². The summed E-state index contributed by atoms with van der Waals surface area (Å²) in [4.78, 5) is 17.6. The third-order valence-corrected chi connectivity index (χ3v) is 12.5. The molecular formula is C27H41NO4Si.